The average Bonchev–Trinajstić information content (AvgIpc) is 2.89. The third-order valence-electron chi connectivity index (χ3n) is 3.09. The van der Waals surface area contributed by atoms with Gasteiger partial charge in [0.15, 0.2) is 5.82 Å². The molecule has 1 atom stereocenters. The lowest BCUT2D eigenvalue weighted by Crippen LogP contribution is -2.41. The summed E-state index contributed by atoms with van der Waals surface area (Å²) in [5, 5.41) is 12.4. The van der Waals surface area contributed by atoms with E-state index in [1.807, 2.05) is 31.2 Å². The second-order valence-electron chi connectivity index (χ2n) is 4.87. The molecule has 122 valence electrons. The average molecular weight is 334 g/mol. The molecule has 23 heavy (non-hydrogen) atoms. The van der Waals surface area contributed by atoms with E-state index in [0.29, 0.717) is 11.0 Å². The Labute approximate surface area is 137 Å². The summed E-state index contributed by atoms with van der Waals surface area (Å²) in [4.78, 5) is 23.0. The number of carbonyl (C=O) groups is 2. The zero-order valence-corrected chi connectivity index (χ0v) is 13.8. The minimum atomic E-state index is -0.558. The van der Waals surface area contributed by atoms with E-state index in [0.717, 1.165) is 22.9 Å². The van der Waals surface area contributed by atoms with Crippen molar-refractivity contribution in [1.29, 1.82) is 0 Å². The number of amides is 3. The van der Waals surface area contributed by atoms with Gasteiger partial charge in [0, 0.05) is 12.6 Å². The Hall–Kier alpha value is -2.55. The molecule has 0 saturated carbocycles. The van der Waals surface area contributed by atoms with Crippen molar-refractivity contribution in [2.45, 2.75) is 24.3 Å². The van der Waals surface area contributed by atoms with Crippen LogP contribution in [0.5, 0.6) is 0 Å². The maximum atomic E-state index is 11.9. The molecule has 9 heteroatoms. The van der Waals surface area contributed by atoms with E-state index in [2.05, 4.69) is 20.8 Å². The highest BCUT2D eigenvalue weighted by molar-refractivity contribution is 8.00. The van der Waals surface area contributed by atoms with Crippen LogP contribution in [0.3, 0.4) is 0 Å². The molecular weight excluding hydrogens is 316 g/mol. The molecule has 0 bridgehead atoms. The number of hydrogen-bond donors (Lipinski definition) is 3. The van der Waals surface area contributed by atoms with Crippen molar-refractivity contribution in [3.63, 3.8) is 0 Å². The van der Waals surface area contributed by atoms with E-state index in [-0.39, 0.29) is 0 Å². The third kappa shape index (κ3) is 4.01. The molecular formula is C14H18N6O2S. The zero-order chi connectivity index (χ0) is 17.0. The number of imide groups is 1. The number of nitrogens with one attached hydrogen (secondary N) is 2. The van der Waals surface area contributed by atoms with Crippen molar-refractivity contribution in [3.05, 3.63) is 29.8 Å². The minimum Gasteiger partial charge on any atom is -0.341 e. The van der Waals surface area contributed by atoms with Gasteiger partial charge >= 0.3 is 6.03 Å². The molecule has 2 rings (SSSR count). The van der Waals surface area contributed by atoms with Gasteiger partial charge in [-0.15, -0.1) is 10.2 Å². The Morgan fingerprint density at radius 1 is 1.26 bits per heavy atom. The van der Waals surface area contributed by atoms with Crippen LogP contribution in [0.15, 0.2) is 29.4 Å². The molecule has 0 aliphatic rings. The summed E-state index contributed by atoms with van der Waals surface area (Å²) in [7, 11) is 1.44. The first-order valence-corrected chi connectivity index (χ1v) is 7.77. The topological polar surface area (TPSA) is 115 Å². The van der Waals surface area contributed by atoms with E-state index in [4.69, 9.17) is 5.84 Å². The van der Waals surface area contributed by atoms with E-state index in [1.165, 1.54) is 11.7 Å². The van der Waals surface area contributed by atoms with Gasteiger partial charge in [0.1, 0.15) is 0 Å². The lowest BCUT2D eigenvalue weighted by atomic mass is 10.1. The number of thioether (sulfide) groups is 1. The smallest absolute Gasteiger partial charge is 0.321 e. The summed E-state index contributed by atoms with van der Waals surface area (Å²) in [5.41, 5.74) is 1.96. The van der Waals surface area contributed by atoms with Crippen LogP contribution >= 0.6 is 11.8 Å². The van der Waals surface area contributed by atoms with Gasteiger partial charge in [-0.05, 0) is 13.8 Å². The number of aryl methyl sites for hydroxylation is 1. The van der Waals surface area contributed by atoms with Gasteiger partial charge in [-0.1, -0.05) is 41.6 Å². The highest BCUT2D eigenvalue weighted by Gasteiger charge is 2.21. The van der Waals surface area contributed by atoms with Crippen LogP contribution in [-0.2, 0) is 4.79 Å². The molecule has 1 aromatic heterocycles. The Bertz CT molecular complexity index is 713. The number of hydrogen-bond acceptors (Lipinski definition) is 6. The summed E-state index contributed by atoms with van der Waals surface area (Å²) in [6.07, 6.45) is 0. The molecule has 0 aliphatic heterocycles. The van der Waals surface area contributed by atoms with E-state index in [1.54, 1.807) is 6.92 Å². The third-order valence-corrected chi connectivity index (χ3v) is 4.15. The van der Waals surface area contributed by atoms with Gasteiger partial charge in [0.25, 0.3) is 0 Å². The molecule has 1 heterocycles. The van der Waals surface area contributed by atoms with Gasteiger partial charge in [0.2, 0.25) is 11.1 Å². The molecule has 4 N–H and O–H groups in total. The SMILES string of the molecule is CNC(=O)NC(=O)[C@H](C)Sc1nnc(-c2ccc(C)cc2)n1N. The second kappa shape index (κ2) is 7.14. The number of benzene rings is 1. The molecule has 3 amide bonds. The normalized spacial score (nSPS) is 11.8. The monoisotopic (exact) mass is 334 g/mol. The van der Waals surface area contributed by atoms with E-state index in [9.17, 15) is 9.59 Å². The van der Waals surface area contributed by atoms with Crippen LogP contribution in [0.4, 0.5) is 4.79 Å². The second-order valence-corrected chi connectivity index (χ2v) is 6.18. The molecule has 0 spiro atoms. The molecule has 0 fully saturated rings. The van der Waals surface area contributed by atoms with Crippen molar-refractivity contribution in [1.82, 2.24) is 25.5 Å². The minimum absolute atomic E-state index is 0.389. The number of urea groups is 1. The summed E-state index contributed by atoms with van der Waals surface area (Å²) in [6, 6.07) is 7.15. The fourth-order valence-electron chi connectivity index (χ4n) is 1.74. The molecule has 2 aromatic rings. The summed E-state index contributed by atoms with van der Waals surface area (Å²) in [6.45, 7) is 3.65. The fourth-order valence-corrected chi connectivity index (χ4v) is 2.51. The first-order chi connectivity index (χ1) is 10.9. The molecule has 8 nitrogen and oxygen atoms in total. The van der Waals surface area contributed by atoms with Crippen molar-refractivity contribution < 1.29 is 9.59 Å². The predicted molar refractivity (Wildman–Crippen MR) is 88.3 cm³/mol. The lowest BCUT2D eigenvalue weighted by molar-refractivity contribution is -0.119. The Balaban J connectivity index is 2.11. The largest absolute Gasteiger partial charge is 0.341 e. The number of nitrogens with zero attached hydrogens (tertiary/aromatic N) is 3. The van der Waals surface area contributed by atoms with Gasteiger partial charge in [-0.2, -0.15) is 0 Å². The highest BCUT2D eigenvalue weighted by Crippen LogP contribution is 2.24. The molecule has 0 unspecified atom stereocenters. The van der Waals surface area contributed by atoms with Gasteiger partial charge < -0.3 is 11.2 Å². The molecule has 0 saturated heterocycles. The standard InChI is InChI=1S/C14H18N6O2S/c1-8-4-6-10(7-5-8)11-18-19-14(20(11)15)23-9(2)12(21)17-13(22)16-3/h4-7,9H,15H2,1-3H3,(H2,16,17,21,22)/t9-/m0/s1. The van der Waals surface area contributed by atoms with Gasteiger partial charge in [-0.3, -0.25) is 10.1 Å². The number of nitrogens with two attached hydrogens (primary N) is 1. The molecule has 0 radical (unpaired) electrons. The Morgan fingerprint density at radius 3 is 2.52 bits per heavy atom. The van der Waals surface area contributed by atoms with E-state index >= 15 is 0 Å². The number of carbonyl (C=O) groups excluding carboxylic acids is 2. The number of rotatable bonds is 4. The zero-order valence-electron chi connectivity index (χ0n) is 13.0. The molecule has 0 aliphatic carbocycles. The fraction of sp³-hybridized carbons (Fsp3) is 0.286. The first kappa shape index (κ1) is 16.8. The van der Waals surface area contributed by atoms with Crippen molar-refractivity contribution in [2.24, 2.45) is 0 Å². The van der Waals surface area contributed by atoms with Crippen LogP contribution in [0.1, 0.15) is 12.5 Å². The van der Waals surface area contributed by atoms with Crippen molar-refractivity contribution in [2.75, 3.05) is 12.9 Å². The van der Waals surface area contributed by atoms with Crippen LogP contribution < -0.4 is 16.5 Å². The van der Waals surface area contributed by atoms with Gasteiger partial charge in [-0.25, -0.2) is 9.47 Å². The summed E-state index contributed by atoms with van der Waals surface area (Å²) < 4.78 is 1.33. The number of aromatic nitrogens is 3. The predicted octanol–water partition coefficient (Wildman–Crippen LogP) is 0.904. The summed E-state index contributed by atoms with van der Waals surface area (Å²) >= 11 is 1.12. The van der Waals surface area contributed by atoms with Crippen molar-refractivity contribution >= 4 is 23.7 Å². The van der Waals surface area contributed by atoms with Crippen LogP contribution in [0.2, 0.25) is 0 Å². The van der Waals surface area contributed by atoms with Crippen molar-refractivity contribution in [3.8, 4) is 11.4 Å². The van der Waals surface area contributed by atoms with Crippen LogP contribution in [-0.4, -0.2) is 39.1 Å². The Morgan fingerprint density at radius 2 is 1.91 bits per heavy atom. The van der Waals surface area contributed by atoms with E-state index < -0.39 is 17.2 Å². The van der Waals surface area contributed by atoms with Crippen LogP contribution in [0, 0.1) is 6.92 Å². The first-order valence-electron chi connectivity index (χ1n) is 6.89. The Kier molecular flexibility index (Phi) is 5.22. The quantitative estimate of drug-likeness (QED) is 0.565. The maximum absolute atomic E-state index is 11.9. The maximum Gasteiger partial charge on any atom is 0.321 e. The highest BCUT2D eigenvalue weighted by atomic mass is 32.2. The number of nitrogen functional groups attached to an aromatic ring is 1. The van der Waals surface area contributed by atoms with Gasteiger partial charge in [0.05, 0.1) is 5.25 Å². The van der Waals surface area contributed by atoms with Crippen LogP contribution in [0.25, 0.3) is 11.4 Å². The lowest BCUT2D eigenvalue weighted by Gasteiger charge is -2.10. The molecule has 1 aromatic carbocycles. The summed E-state index contributed by atoms with van der Waals surface area (Å²) in [5.74, 6) is 6.08.